The molecule has 0 bridgehead atoms. The number of hydrogen-bond donors (Lipinski definition) is 0. The molecular weight excluding hydrogens is 287 g/mol. The number of rotatable bonds is 1. The van der Waals surface area contributed by atoms with Crippen molar-refractivity contribution in [1.82, 2.24) is 9.97 Å². The highest BCUT2D eigenvalue weighted by molar-refractivity contribution is 14.1. The van der Waals surface area contributed by atoms with Gasteiger partial charge in [0.2, 0.25) is 0 Å². The zero-order valence-electron chi connectivity index (χ0n) is 7.74. The summed E-state index contributed by atoms with van der Waals surface area (Å²) < 4.78 is 1.00. The summed E-state index contributed by atoms with van der Waals surface area (Å²) in [4.78, 5) is 8.58. The number of aryl methyl sites for hydroxylation is 1. The maximum atomic E-state index is 4.43. The fourth-order valence-electron chi connectivity index (χ4n) is 1.26. The molecule has 2 aromatic heterocycles. The van der Waals surface area contributed by atoms with Crippen molar-refractivity contribution < 1.29 is 0 Å². The van der Waals surface area contributed by atoms with Crippen LogP contribution in [0.15, 0.2) is 36.7 Å². The van der Waals surface area contributed by atoms with Gasteiger partial charge in [0, 0.05) is 18.0 Å². The predicted octanol–water partition coefficient (Wildman–Crippen LogP) is 3.06. The fourth-order valence-corrected chi connectivity index (χ4v) is 1.73. The number of hydrogen-bond acceptors (Lipinski definition) is 2. The van der Waals surface area contributed by atoms with E-state index in [4.69, 9.17) is 0 Å². The van der Waals surface area contributed by atoms with Crippen LogP contribution in [0.5, 0.6) is 0 Å². The molecule has 0 spiro atoms. The van der Waals surface area contributed by atoms with E-state index in [1.807, 2.05) is 37.5 Å². The first-order valence-electron chi connectivity index (χ1n) is 4.30. The summed E-state index contributed by atoms with van der Waals surface area (Å²) in [5, 5.41) is 0. The van der Waals surface area contributed by atoms with Crippen LogP contribution in [0.4, 0.5) is 0 Å². The molecule has 2 rings (SSSR count). The quantitative estimate of drug-likeness (QED) is 0.597. The van der Waals surface area contributed by atoms with Crippen LogP contribution >= 0.6 is 22.6 Å². The summed E-state index contributed by atoms with van der Waals surface area (Å²) in [6.07, 6.45) is 3.68. The minimum absolute atomic E-state index is 0.980. The molecule has 0 amide bonds. The molecule has 0 saturated carbocycles. The van der Waals surface area contributed by atoms with E-state index in [1.54, 1.807) is 0 Å². The Bertz CT molecular complexity index is 411. The van der Waals surface area contributed by atoms with Crippen molar-refractivity contribution in [1.29, 1.82) is 0 Å². The average Bonchev–Trinajstić information content (AvgIpc) is 2.18. The SMILES string of the molecule is Cc1cncc(-c2cccc(I)n2)c1. The van der Waals surface area contributed by atoms with Crippen molar-refractivity contribution in [2.75, 3.05) is 0 Å². The highest BCUT2D eigenvalue weighted by atomic mass is 127. The van der Waals surface area contributed by atoms with Crippen LogP contribution in [0.3, 0.4) is 0 Å². The number of halogens is 1. The Morgan fingerprint density at radius 2 is 2.07 bits per heavy atom. The Balaban J connectivity index is 2.49. The third kappa shape index (κ3) is 2.09. The third-order valence-electron chi connectivity index (χ3n) is 1.89. The number of nitrogens with zero attached hydrogens (tertiary/aromatic N) is 2. The molecule has 2 aromatic rings. The molecule has 0 N–H and O–H groups in total. The smallest absolute Gasteiger partial charge is 0.102 e. The van der Waals surface area contributed by atoms with Crippen molar-refractivity contribution in [3.63, 3.8) is 0 Å². The first-order valence-corrected chi connectivity index (χ1v) is 5.38. The molecule has 0 saturated heterocycles. The van der Waals surface area contributed by atoms with Gasteiger partial charge in [0.25, 0.3) is 0 Å². The van der Waals surface area contributed by atoms with Gasteiger partial charge in [-0.05, 0) is 53.3 Å². The van der Waals surface area contributed by atoms with Gasteiger partial charge >= 0.3 is 0 Å². The van der Waals surface area contributed by atoms with Gasteiger partial charge < -0.3 is 0 Å². The van der Waals surface area contributed by atoms with Gasteiger partial charge in [-0.25, -0.2) is 4.98 Å². The molecule has 2 nitrogen and oxygen atoms in total. The predicted molar refractivity (Wildman–Crippen MR) is 64.9 cm³/mol. The van der Waals surface area contributed by atoms with Crippen LogP contribution in [-0.4, -0.2) is 9.97 Å². The maximum absolute atomic E-state index is 4.43. The first kappa shape index (κ1) is 9.58. The Morgan fingerprint density at radius 1 is 1.21 bits per heavy atom. The summed E-state index contributed by atoms with van der Waals surface area (Å²) in [6, 6.07) is 8.07. The lowest BCUT2D eigenvalue weighted by molar-refractivity contribution is 1.22. The summed E-state index contributed by atoms with van der Waals surface area (Å²) in [5.74, 6) is 0. The number of pyridine rings is 2. The van der Waals surface area contributed by atoms with E-state index in [0.717, 1.165) is 20.5 Å². The van der Waals surface area contributed by atoms with Crippen molar-refractivity contribution in [2.45, 2.75) is 6.92 Å². The molecule has 70 valence electrons. The largest absolute Gasteiger partial charge is 0.264 e. The molecule has 0 radical (unpaired) electrons. The fraction of sp³-hybridized carbons (Fsp3) is 0.0909. The van der Waals surface area contributed by atoms with Crippen LogP contribution in [-0.2, 0) is 0 Å². The Kier molecular flexibility index (Phi) is 2.77. The molecule has 0 aliphatic heterocycles. The van der Waals surface area contributed by atoms with E-state index in [9.17, 15) is 0 Å². The van der Waals surface area contributed by atoms with Gasteiger partial charge in [-0.2, -0.15) is 0 Å². The second-order valence-corrected chi connectivity index (χ2v) is 4.20. The van der Waals surface area contributed by atoms with Crippen molar-refractivity contribution >= 4 is 22.6 Å². The standard InChI is InChI=1S/C11H9IN2/c1-8-5-9(7-13-6-8)10-3-2-4-11(12)14-10/h2-7H,1H3. The molecule has 0 atom stereocenters. The third-order valence-corrected chi connectivity index (χ3v) is 2.49. The van der Waals surface area contributed by atoms with E-state index in [2.05, 4.69) is 38.6 Å². The maximum Gasteiger partial charge on any atom is 0.102 e. The highest BCUT2D eigenvalue weighted by Gasteiger charge is 1.99. The lowest BCUT2D eigenvalue weighted by atomic mass is 10.1. The van der Waals surface area contributed by atoms with Crippen molar-refractivity contribution in [2.24, 2.45) is 0 Å². The monoisotopic (exact) mass is 296 g/mol. The van der Waals surface area contributed by atoms with Crippen LogP contribution in [0.2, 0.25) is 0 Å². The normalized spacial score (nSPS) is 10.1. The van der Waals surface area contributed by atoms with Gasteiger partial charge in [0.1, 0.15) is 3.70 Å². The second kappa shape index (κ2) is 4.04. The van der Waals surface area contributed by atoms with Crippen molar-refractivity contribution in [3.8, 4) is 11.3 Å². The molecular formula is C11H9IN2. The molecule has 3 heteroatoms. The van der Waals surface area contributed by atoms with Crippen molar-refractivity contribution in [3.05, 3.63) is 45.9 Å². The summed E-state index contributed by atoms with van der Waals surface area (Å²) >= 11 is 2.21. The molecule has 0 unspecified atom stereocenters. The zero-order valence-corrected chi connectivity index (χ0v) is 9.89. The van der Waals surface area contributed by atoms with Crippen LogP contribution in [0.1, 0.15) is 5.56 Å². The van der Waals surface area contributed by atoms with Gasteiger partial charge in [0.05, 0.1) is 5.69 Å². The Labute approximate surface area is 96.6 Å². The molecule has 14 heavy (non-hydrogen) atoms. The van der Waals surface area contributed by atoms with Crippen LogP contribution in [0.25, 0.3) is 11.3 Å². The van der Waals surface area contributed by atoms with Crippen LogP contribution < -0.4 is 0 Å². The van der Waals surface area contributed by atoms with E-state index in [0.29, 0.717) is 0 Å². The van der Waals surface area contributed by atoms with E-state index < -0.39 is 0 Å². The minimum atomic E-state index is 0.980. The Morgan fingerprint density at radius 3 is 2.79 bits per heavy atom. The second-order valence-electron chi connectivity index (χ2n) is 3.10. The summed E-state index contributed by atoms with van der Waals surface area (Å²) in [6.45, 7) is 2.03. The molecule has 0 aliphatic carbocycles. The molecule has 2 heterocycles. The molecule has 0 aliphatic rings. The zero-order chi connectivity index (χ0) is 9.97. The molecule has 0 fully saturated rings. The summed E-state index contributed by atoms with van der Waals surface area (Å²) in [5.41, 5.74) is 3.21. The summed E-state index contributed by atoms with van der Waals surface area (Å²) in [7, 11) is 0. The van der Waals surface area contributed by atoms with E-state index >= 15 is 0 Å². The lowest BCUT2D eigenvalue weighted by Crippen LogP contribution is -1.87. The average molecular weight is 296 g/mol. The number of aromatic nitrogens is 2. The van der Waals surface area contributed by atoms with E-state index in [1.165, 1.54) is 0 Å². The topological polar surface area (TPSA) is 25.8 Å². The van der Waals surface area contributed by atoms with Gasteiger partial charge in [-0.3, -0.25) is 4.98 Å². The van der Waals surface area contributed by atoms with E-state index in [-0.39, 0.29) is 0 Å². The highest BCUT2D eigenvalue weighted by Crippen LogP contribution is 2.17. The first-order chi connectivity index (χ1) is 6.75. The molecule has 0 aromatic carbocycles. The minimum Gasteiger partial charge on any atom is -0.264 e. The van der Waals surface area contributed by atoms with Gasteiger partial charge in [-0.1, -0.05) is 6.07 Å². The lowest BCUT2D eigenvalue weighted by Gasteiger charge is -2.01. The van der Waals surface area contributed by atoms with Gasteiger partial charge in [-0.15, -0.1) is 0 Å². The van der Waals surface area contributed by atoms with Gasteiger partial charge in [0.15, 0.2) is 0 Å². The Hall–Kier alpha value is -0.970. The van der Waals surface area contributed by atoms with Crippen LogP contribution in [0, 0.1) is 10.6 Å².